The molecule has 0 aromatic heterocycles. The van der Waals surface area contributed by atoms with Gasteiger partial charge in [0.25, 0.3) is 5.91 Å². The van der Waals surface area contributed by atoms with E-state index >= 15 is 0 Å². The largest absolute Gasteiger partial charge is 0.493 e. The van der Waals surface area contributed by atoms with Crippen LogP contribution >= 0.6 is 0 Å². The van der Waals surface area contributed by atoms with Gasteiger partial charge in [0.15, 0.2) is 11.5 Å². The van der Waals surface area contributed by atoms with Gasteiger partial charge in [-0.3, -0.25) is 4.79 Å². The number of aryl methyl sites for hydroxylation is 2. The number of carbonyl (C=O) groups is 1. The molecular weight excluding hydrogens is 278 g/mol. The van der Waals surface area contributed by atoms with Crippen LogP contribution in [0.4, 0.5) is 5.69 Å². The van der Waals surface area contributed by atoms with Crippen molar-refractivity contribution in [3.63, 3.8) is 0 Å². The lowest BCUT2D eigenvalue weighted by Gasteiger charge is -2.13. The van der Waals surface area contributed by atoms with Crippen LogP contribution in [0.5, 0.6) is 11.5 Å². The van der Waals surface area contributed by atoms with E-state index in [2.05, 4.69) is 5.32 Å². The van der Waals surface area contributed by atoms with Gasteiger partial charge in [-0.1, -0.05) is 18.2 Å². The summed E-state index contributed by atoms with van der Waals surface area (Å²) in [5, 5.41) is 2.97. The molecule has 0 spiro atoms. The number of carbonyl (C=O) groups excluding carboxylic acids is 1. The third kappa shape index (κ3) is 3.39. The van der Waals surface area contributed by atoms with Crippen LogP contribution < -0.4 is 14.8 Å². The number of nitrogens with one attached hydrogen (secondary N) is 1. The highest BCUT2D eigenvalue weighted by molar-refractivity contribution is 6.05. The topological polar surface area (TPSA) is 47.6 Å². The number of ether oxygens (including phenoxy) is 2. The number of amides is 1. The summed E-state index contributed by atoms with van der Waals surface area (Å²) in [6.07, 6.45) is 0. The Bertz CT molecular complexity index is 660. The molecule has 2 aromatic rings. The van der Waals surface area contributed by atoms with E-state index in [1.165, 1.54) is 0 Å². The predicted octanol–water partition coefficient (Wildman–Crippen LogP) is 3.96. The molecule has 0 aliphatic rings. The van der Waals surface area contributed by atoms with E-state index in [4.69, 9.17) is 9.47 Å². The van der Waals surface area contributed by atoms with Gasteiger partial charge in [-0.15, -0.1) is 0 Å². The lowest BCUT2D eigenvalue weighted by Crippen LogP contribution is -2.14. The van der Waals surface area contributed by atoms with Crippen molar-refractivity contribution in [2.45, 2.75) is 20.8 Å². The zero-order valence-electron chi connectivity index (χ0n) is 13.4. The lowest BCUT2D eigenvalue weighted by atomic mass is 10.1. The first kappa shape index (κ1) is 15.9. The third-order valence-electron chi connectivity index (χ3n) is 3.45. The van der Waals surface area contributed by atoms with Crippen molar-refractivity contribution in [3.05, 3.63) is 53.1 Å². The molecule has 4 heteroatoms. The van der Waals surface area contributed by atoms with E-state index in [9.17, 15) is 4.79 Å². The number of benzene rings is 2. The summed E-state index contributed by atoms with van der Waals surface area (Å²) >= 11 is 0. The summed E-state index contributed by atoms with van der Waals surface area (Å²) in [6, 6.07) is 11.1. The van der Waals surface area contributed by atoms with E-state index in [1.54, 1.807) is 25.3 Å². The second-order valence-corrected chi connectivity index (χ2v) is 5.02. The molecule has 4 nitrogen and oxygen atoms in total. The smallest absolute Gasteiger partial charge is 0.255 e. The third-order valence-corrected chi connectivity index (χ3v) is 3.45. The molecule has 1 amide bonds. The predicted molar refractivity (Wildman–Crippen MR) is 88.0 cm³/mol. The zero-order valence-corrected chi connectivity index (χ0v) is 13.4. The van der Waals surface area contributed by atoms with Gasteiger partial charge in [0.1, 0.15) is 0 Å². The summed E-state index contributed by atoms with van der Waals surface area (Å²) in [5.41, 5.74) is 3.45. The van der Waals surface area contributed by atoms with Crippen LogP contribution in [-0.2, 0) is 0 Å². The van der Waals surface area contributed by atoms with Gasteiger partial charge in [0.05, 0.1) is 13.7 Å². The molecule has 0 unspecified atom stereocenters. The molecule has 0 atom stereocenters. The van der Waals surface area contributed by atoms with Gasteiger partial charge in [-0.05, 0) is 50.1 Å². The van der Waals surface area contributed by atoms with Crippen molar-refractivity contribution in [1.29, 1.82) is 0 Å². The van der Waals surface area contributed by atoms with Crippen LogP contribution in [-0.4, -0.2) is 19.6 Å². The maximum absolute atomic E-state index is 12.5. The Balaban J connectivity index is 2.28. The Morgan fingerprint density at radius 3 is 2.36 bits per heavy atom. The second kappa shape index (κ2) is 6.98. The van der Waals surface area contributed by atoms with Gasteiger partial charge in [0.2, 0.25) is 0 Å². The maximum atomic E-state index is 12.5. The van der Waals surface area contributed by atoms with Crippen LogP contribution in [0.25, 0.3) is 0 Å². The molecule has 0 radical (unpaired) electrons. The number of rotatable bonds is 5. The molecule has 0 saturated heterocycles. The van der Waals surface area contributed by atoms with Crippen LogP contribution in [0.3, 0.4) is 0 Å². The first-order valence-corrected chi connectivity index (χ1v) is 7.25. The summed E-state index contributed by atoms with van der Waals surface area (Å²) in [7, 11) is 1.58. The van der Waals surface area contributed by atoms with Crippen LogP contribution in [0.15, 0.2) is 36.4 Å². The van der Waals surface area contributed by atoms with E-state index in [0.29, 0.717) is 23.7 Å². The lowest BCUT2D eigenvalue weighted by molar-refractivity contribution is 0.102. The van der Waals surface area contributed by atoms with Crippen molar-refractivity contribution in [1.82, 2.24) is 0 Å². The number of hydrogen-bond donors (Lipinski definition) is 1. The average Bonchev–Trinajstić information content (AvgIpc) is 2.51. The van der Waals surface area contributed by atoms with Crippen molar-refractivity contribution >= 4 is 11.6 Å². The number of methoxy groups -OCH3 is 1. The highest BCUT2D eigenvalue weighted by atomic mass is 16.5. The minimum Gasteiger partial charge on any atom is -0.493 e. The highest BCUT2D eigenvalue weighted by Crippen LogP contribution is 2.29. The monoisotopic (exact) mass is 299 g/mol. The van der Waals surface area contributed by atoms with Crippen molar-refractivity contribution in [2.24, 2.45) is 0 Å². The van der Waals surface area contributed by atoms with Gasteiger partial charge in [0, 0.05) is 11.3 Å². The number of para-hydroxylation sites is 1. The Morgan fingerprint density at radius 1 is 1.09 bits per heavy atom. The quantitative estimate of drug-likeness (QED) is 0.909. The maximum Gasteiger partial charge on any atom is 0.255 e. The normalized spacial score (nSPS) is 10.2. The van der Waals surface area contributed by atoms with Crippen molar-refractivity contribution in [2.75, 3.05) is 19.0 Å². The minimum absolute atomic E-state index is 0.166. The zero-order chi connectivity index (χ0) is 16.1. The summed E-state index contributed by atoms with van der Waals surface area (Å²) in [4.78, 5) is 12.5. The fourth-order valence-corrected chi connectivity index (χ4v) is 2.28. The van der Waals surface area contributed by atoms with E-state index in [1.807, 2.05) is 39.0 Å². The van der Waals surface area contributed by atoms with E-state index < -0.39 is 0 Å². The Labute approximate surface area is 131 Å². The fraction of sp³-hybridized carbons (Fsp3) is 0.278. The second-order valence-electron chi connectivity index (χ2n) is 5.02. The van der Waals surface area contributed by atoms with Crippen LogP contribution in [0.2, 0.25) is 0 Å². The average molecular weight is 299 g/mol. The Morgan fingerprint density at radius 2 is 1.77 bits per heavy atom. The van der Waals surface area contributed by atoms with E-state index in [-0.39, 0.29) is 5.91 Å². The molecule has 2 rings (SSSR count). The SMILES string of the molecule is CCOc1cc(C(=O)Nc2c(C)cccc2C)ccc1OC. The first-order chi connectivity index (χ1) is 10.6. The van der Waals surface area contributed by atoms with E-state index in [0.717, 1.165) is 16.8 Å². The van der Waals surface area contributed by atoms with Crippen molar-refractivity contribution in [3.8, 4) is 11.5 Å². The molecular formula is C18H21NO3. The molecule has 1 N–H and O–H groups in total. The van der Waals surface area contributed by atoms with Crippen LogP contribution in [0.1, 0.15) is 28.4 Å². The molecule has 2 aromatic carbocycles. The molecule has 0 heterocycles. The first-order valence-electron chi connectivity index (χ1n) is 7.25. The van der Waals surface area contributed by atoms with Gasteiger partial charge in [-0.25, -0.2) is 0 Å². The summed E-state index contributed by atoms with van der Waals surface area (Å²) in [5.74, 6) is 1.02. The standard InChI is InChI=1S/C18H21NO3/c1-5-22-16-11-14(9-10-15(16)21-4)18(20)19-17-12(2)7-6-8-13(17)3/h6-11H,5H2,1-4H3,(H,19,20). The number of anilines is 1. The molecule has 0 aliphatic carbocycles. The Hall–Kier alpha value is -2.49. The van der Waals surface area contributed by atoms with Gasteiger partial charge < -0.3 is 14.8 Å². The summed E-state index contributed by atoms with van der Waals surface area (Å²) in [6.45, 7) is 6.35. The van der Waals surface area contributed by atoms with Gasteiger partial charge in [-0.2, -0.15) is 0 Å². The molecule has 116 valence electrons. The molecule has 0 saturated carbocycles. The highest BCUT2D eigenvalue weighted by Gasteiger charge is 2.13. The molecule has 0 aliphatic heterocycles. The molecule has 0 bridgehead atoms. The Kier molecular flexibility index (Phi) is 5.04. The fourth-order valence-electron chi connectivity index (χ4n) is 2.28. The van der Waals surface area contributed by atoms with Crippen LogP contribution in [0, 0.1) is 13.8 Å². The molecule has 22 heavy (non-hydrogen) atoms. The summed E-state index contributed by atoms with van der Waals surface area (Å²) < 4.78 is 10.7. The van der Waals surface area contributed by atoms with Crippen molar-refractivity contribution < 1.29 is 14.3 Å². The minimum atomic E-state index is -0.166. The molecule has 0 fully saturated rings. The van der Waals surface area contributed by atoms with Gasteiger partial charge >= 0.3 is 0 Å². The number of hydrogen-bond acceptors (Lipinski definition) is 3.